The SMILES string of the molecule is COc1ccc(C2(N)CCCC(C3CC3)C2)c(OC)c1. The van der Waals surface area contributed by atoms with E-state index in [9.17, 15) is 0 Å². The van der Waals surface area contributed by atoms with Crippen molar-refractivity contribution in [3.8, 4) is 11.5 Å². The summed E-state index contributed by atoms with van der Waals surface area (Å²) in [4.78, 5) is 0. The second-order valence-electron chi connectivity index (χ2n) is 6.42. The third-order valence-corrected chi connectivity index (χ3v) is 5.06. The van der Waals surface area contributed by atoms with Crippen molar-refractivity contribution < 1.29 is 9.47 Å². The van der Waals surface area contributed by atoms with Gasteiger partial charge in [0.2, 0.25) is 0 Å². The minimum Gasteiger partial charge on any atom is -0.497 e. The van der Waals surface area contributed by atoms with Crippen molar-refractivity contribution in [1.82, 2.24) is 0 Å². The molecule has 0 amide bonds. The van der Waals surface area contributed by atoms with Crippen LogP contribution < -0.4 is 15.2 Å². The highest BCUT2D eigenvalue weighted by Crippen LogP contribution is 2.50. The average Bonchev–Trinajstić information content (AvgIpc) is 3.31. The van der Waals surface area contributed by atoms with Gasteiger partial charge in [-0.3, -0.25) is 0 Å². The predicted octanol–water partition coefficient (Wildman–Crippen LogP) is 3.46. The lowest BCUT2D eigenvalue weighted by Crippen LogP contribution is -2.42. The molecule has 110 valence electrons. The predicted molar refractivity (Wildman–Crippen MR) is 80.1 cm³/mol. The zero-order chi connectivity index (χ0) is 14.2. The Kier molecular flexibility index (Phi) is 3.63. The minimum atomic E-state index is -0.233. The first-order chi connectivity index (χ1) is 9.66. The van der Waals surface area contributed by atoms with E-state index in [4.69, 9.17) is 15.2 Å². The Morgan fingerprint density at radius 2 is 1.90 bits per heavy atom. The van der Waals surface area contributed by atoms with Crippen molar-refractivity contribution in [2.24, 2.45) is 17.6 Å². The Hall–Kier alpha value is -1.22. The van der Waals surface area contributed by atoms with Crippen molar-refractivity contribution in [1.29, 1.82) is 0 Å². The van der Waals surface area contributed by atoms with Crippen LogP contribution in [-0.4, -0.2) is 14.2 Å². The van der Waals surface area contributed by atoms with Gasteiger partial charge in [-0.05, 0) is 49.7 Å². The lowest BCUT2D eigenvalue weighted by Gasteiger charge is -2.39. The van der Waals surface area contributed by atoms with Gasteiger partial charge in [-0.2, -0.15) is 0 Å². The largest absolute Gasteiger partial charge is 0.497 e. The van der Waals surface area contributed by atoms with E-state index in [-0.39, 0.29) is 5.54 Å². The molecule has 0 spiro atoms. The molecule has 0 radical (unpaired) electrons. The molecular weight excluding hydrogens is 250 g/mol. The van der Waals surface area contributed by atoms with Crippen molar-refractivity contribution in [3.05, 3.63) is 23.8 Å². The summed E-state index contributed by atoms with van der Waals surface area (Å²) in [7, 11) is 3.39. The molecule has 2 fully saturated rings. The highest BCUT2D eigenvalue weighted by atomic mass is 16.5. The summed E-state index contributed by atoms with van der Waals surface area (Å²) < 4.78 is 10.8. The van der Waals surface area contributed by atoms with Gasteiger partial charge < -0.3 is 15.2 Å². The van der Waals surface area contributed by atoms with Crippen LogP contribution >= 0.6 is 0 Å². The standard InChI is InChI=1S/C17H25NO2/c1-19-14-7-8-15(16(10-14)20-2)17(18)9-3-4-13(11-17)12-5-6-12/h7-8,10,12-13H,3-6,9,11,18H2,1-2H3. The van der Waals surface area contributed by atoms with Crippen molar-refractivity contribution in [2.45, 2.75) is 44.1 Å². The Morgan fingerprint density at radius 1 is 1.10 bits per heavy atom. The minimum absolute atomic E-state index is 0.233. The lowest BCUT2D eigenvalue weighted by atomic mass is 9.71. The average molecular weight is 275 g/mol. The normalized spacial score (nSPS) is 30.1. The number of ether oxygens (including phenoxy) is 2. The summed E-state index contributed by atoms with van der Waals surface area (Å²) in [6, 6.07) is 6.03. The van der Waals surface area contributed by atoms with Crippen LogP contribution in [0, 0.1) is 11.8 Å². The van der Waals surface area contributed by atoms with Crippen LogP contribution in [0.25, 0.3) is 0 Å². The zero-order valence-corrected chi connectivity index (χ0v) is 12.5. The Morgan fingerprint density at radius 3 is 2.55 bits per heavy atom. The van der Waals surface area contributed by atoms with E-state index in [2.05, 4.69) is 6.07 Å². The fourth-order valence-corrected chi connectivity index (χ4v) is 3.78. The van der Waals surface area contributed by atoms with E-state index >= 15 is 0 Å². The van der Waals surface area contributed by atoms with E-state index in [1.54, 1.807) is 14.2 Å². The molecule has 2 aliphatic rings. The summed E-state index contributed by atoms with van der Waals surface area (Å²) >= 11 is 0. The topological polar surface area (TPSA) is 44.5 Å². The summed E-state index contributed by atoms with van der Waals surface area (Å²) in [5.41, 5.74) is 7.70. The highest BCUT2D eigenvalue weighted by Gasteiger charge is 2.41. The number of methoxy groups -OCH3 is 2. The molecule has 2 aliphatic carbocycles. The first kappa shape index (κ1) is 13.7. The van der Waals surface area contributed by atoms with Crippen LogP contribution in [0.3, 0.4) is 0 Å². The third kappa shape index (κ3) is 2.51. The lowest BCUT2D eigenvalue weighted by molar-refractivity contribution is 0.202. The molecule has 0 saturated heterocycles. The second-order valence-corrected chi connectivity index (χ2v) is 6.42. The first-order valence-electron chi connectivity index (χ1n) is 7.67. The number of nitrogens with two attached hydrogens (primary N) is 1. The Bertz CT molecular complexity index is 484. The van der Waals surface area contributed by atoms with Crippen LogP contribution in [-0.2, 0) is 5.54 Å². The summed E-state index contributed by atoms with van der Waals surface area (Å²) in [6.07, 6.45) is 7.54. The second kappa shape index (κ2) is 5.28. The van der Waals surface area contributed by atoms with Crippen LogP contribution in [0.15, 0.2) is 18.2 Å². The first-order valence-corrected chi connectivity index (χ1v) is 7.67. The van der Waals surface area contributed by atoms with Gasteiger partial charge in [-0.25, -0.2) is 0 Å². The van der Waals surface area contributed by atoms with Gasteiger partial charge in [0.05, 0.1) is 14.2 Å². The smallest absolute Gasteiger partial charge is 0.127 e. The number of hydrogen-bond acceptors (Lipinski definition) is 3. The van der Waals surface area contributed by atoms with E-state index in [1.807, 2.05) is 12.1 Å². The molecule has 20 heavy (non-hydrogen) atoms. The van der Waals surface area contributed by atoms with E-state index in [1.165, 1.54) is 25.7 Å². The number of rotatable bonds is 4. The monoisotopic (exact) mass is 275 g/mol. The van der Waals surface area contributed by atoms with Gasteiger partial charge in [0.15, 0.2) is 0 Å². The third-order valence-electron chi connectivity index (χ3n) is 5.06. The molecule has 2 unspecified atom stereocenters. The van der Waals surface area contributed by atoms with Crippen LogP contribution in [0.1, 0.15) is 44.1 Å². The molecular formula is C17H25NO2. The van der Waals surface area contributed by atoms with Crippen molar-refractivity contribution >= 4 is 0 Å². The summed E-state index contributed by atoms with van der Waals surface area (Å²) in [5.74, 6) is 3.43. The van der Waals surface area contributed by atoms with Crippen LogP contribution in [0.5, 0.6) is 11.5 Å². The Balaban J connectivity index is 1.89. The van der Waals surface area contributed by atoms with E-state index < -0.39 is 0 Å². The number of benzene rings is 1. The molecule has 2 N–H and O–H groups in total. The maximum Gasteiger partial charge on any atom is 0.127 e. The molecule has 3 heteroatoms. The highest BCUT2D eigenvalue weighted by molar-refractivity contribution is 5.45. The maximum atomic E-state index is 6.78. The van der Waals surface area contributed by atoms with Gasteiger partial charge in [-0.1, -0.05) is 12.8 Å². The van der Waals surface area contributed by atoms with Gasteiger partial charge in [0.25, 0.3) is 0 Å². The molecule has 0 bridgehead atoms. The van der Waals surface area contributed by atoms with Crippen LogP contribution in [0.4, 0.5) is 0 Å². The van der Waals surface area contributed by atoms with Crippen molar-refractivity contribution in [2.75, 3.05) is 14.2 Å². The molecule has 0 heterocycles. The molecule has 0 aliphatic heterocycles. The number of hydrogen-bond donors (Lipinski definition) is 1. The van der Waals surface area contributed by atoms with Gasteiger partial charge >= 0.3 is 0 Å². The van der Waals surface area contributed by atoms with Crippen molar-refractivity contribution in [3.63, 3.8) is 0 Å². The fraction of sp³-hybridized carbons (Fsp3) is 0.647. The molecule has 2 atom stereocenters. The molecule has 3 rings (SSSR count). The van der Waals surface area contributed by atoms with Crippen LogP contribution in [0.2, 0.25) is 0 Å². The van der Waals surface area contributed by atoms with E-state index in [0.717, 1.165) is 41.7 Å². The summed E-state index contributed by atoms with van der Waals surface area (Å²) in [6.45, 7) is 0. The van der Waals surface area contributed by atoms with E-state index in [0.29, 0.717) is 0 Å². The Labute approximate surface area is 121 Å². The fourth-order valence-electron chi connectivity index (χ4n) is 3.78. The van der Waals surface area contributed by atoms with Gasteiger partial charge in [0, 0.05) is 17.2 Å². The quantitative estimate of drug-likeness (QED) is 0.915. The molecule has 2 saturated carbocycles. The summed E-state index contributed by atoms with van der Waals surface area (Å²) in [5, 5.41) is 0. The molecule has 1 aromatic rings. The molecule has 0 aromatic heterocycles. The molecule has 3 nitrogen and oxygen atoms in total. The zero-order valence-electron chi connectivity index (χ0n) is 12.5. The van der Waals surface area contributed by atoms with Gasteiger partial charge in [0.1, 0.15) is 11.5 Å². The van der Waals surface area contributed by atoms with Gasteiger partial charge in [-0.15, -0.1) is 0 Å². The maximum absolute atomic E-state index is 6.78. The molecule has 1 aromatic carbocycles.